The smallest absolute Gasteiger partial charge is 1.00 e. The summed E-state index contributed by atoms with van der Waals surface area (Å²) in [6.07, 6.45) is 0.162. The number of ketones is 3. The maximum atomic E-state index is 11.7. The number of ether oxygens (including phenoxy) is 2. The molecule has 0 bridgehead atoms. The molecule has 0 aliphatic carbocycles. The number of aromatic hydroxyl groups is 1. The van der Waals surface area contributed by atoms with Gasteiger partial charge in [0.15, 0.2) is 0 Å². The van der Waals surface area contributed by atoms with Crippen molar-refractivity contribution < 1.29 is 210 Å². The van der Waals surface area contributed by atoms with Gasteiger partial charge in [0.05, 0.1) is 0 Å². The van der Waals surface area contributed by atoms with E-state index in [0.29, 0.717) is 19.4 Å². The van der Waals surface area contributed by atoms with E-state index in [9.17, 15) is 36.0 Å². The Bertz CT molecular complexity index is 2100. The quantitative estimate of drug-likeness (QED) is 0.0301. The summed E-state index contributed by atoms with van der Waals surface area (Å²) in [4.78, 5) is 38.7. The number of halogens is 4. The Kier molecular flexibility index (Phi) is 82.8. The van der Waals surface area contributed by atoms with Gasteiger partial charge < -0.3 is 81.2 Å². The molecule has 0 amide bonds. The predicted octanol–water partition coefficient (Wildman–Crippen LogP) is 12.9. The average Bonchev–Trinajstić information content (AvgIpc) is 3.33. The molecular weight excluding hydrogens is 2060 g/mol. The molecule has 0 aliphatic rings. The molecule has 0 atom stereocenters. The SMILES string of the molecule is C.C.C.C.C.C.CC(=O)C(C)(C)c1ccc(O)cc1.[CH2-]CC(C[CH2-])OS(=O)(=O)C(F)(F)F.[CH2-]CC(C[CH2-])Oc1ccc(C(C)(C)C(C)=O)cc1.[CH2-]CN(C[CH2-])CCBr.[CH2-]CN(C[CH2-])CCOc1ccc(C(C)(C)C(C)=O)cc1.[H-].[Na+].[U+2].[U+2].[U+2].[U+2]. The zero-order chi connectivity index (χ0) is 56.1. The molecule has 0 unspecified atom stereocenters. The minimum absolute atomic E-state index is 0. The van der Waals surface area contributed by atoms with Crippen molar-refractivity contribution in [2.24, 2.45) is 0 Å². The molecule has 0 saturated carbocycles. The van der Waals surface area contributed by atoms with E-state index in [1.54, 1.807) is 45.0 Å². The van der Waals surface area contributed by atoms with Crippen LogP contribution in [0.25, 0.3) is 0 Å². The molecule has 0 spiro atoms. The van der Waals surface area contributed by atoms with Gasteiger partial charge in [-0.2, -0.15) is 34.4 Å². The number of alkyl halides is 4. The molecule has 11 nitrogen and oxygen atoms in total. The van der Waals surface area contributed by atoms with Crippen LogP contribution >= 0.6 is 15.9 Å². The summed E-state index contributed by atoms with van der Waals surface area (Å²) in [6.45, 7) is 51.2. The van der Waals surface area contributed by atoms with Gasteiger partial charge in [-0.05, 0) is 115 Å². The van der Waals surface area contributed by atoms with Gasteiger partial charge in [0.1, 0.15) is 41.2 Å². The van der Waals surface area contributed by atoms with E-state index in [-0.39, 0.29) is 242 Å². The number of phenols is 1. The van der Waals surface area contributed by atoms with Crippen LogP contribution in [0.2, 0.25) is 0 Å². The molecule has 21 heteroatoms. The number of hydrogen-bond acceptors (Lipinski definition) is 11. The molecule has 0 radical (unpaired) electrons. The van der Waals surface area contributed by atoms with E-state index in [1.807, 2.05) is 90.1 Å². The van der Waals surface area contributed by atoms with Gasteiger partial charge in [-0.25, -0.2) is 0 Å². The van der Waals surface area contributed by atoms with Gasteiger partial charge in [-0.15, -0.1) is 39.0 Å². The first-order valence-electron chi connectivity index (χ1n) is 23.5. The molecule has 470 valence electrons. The van der Waals surface area contributed by atoms with Crippen LogP contribution in [-0.4, -0.2) is 110 Å². The van der Waals surface area contributed by atoms with E-state index < -0.39 is 38.0 Å². The number of Topliss-reactive ketones (excluding diaryl/α,β-unsaturated/α-hetero) is 3. The van der Waals surface area contributed by atoms with Crippen molar-refractivity contribution in [2.45, 2.75) is 167 Å². The van der Waals surface area contributed by atoms with Crippen molar-refractivity contribution in [3.63, 3.8) is 0 Å². The van der Waals surface area contributed by atoms with Gasteiger partial charge >= 0.3 is 170 Å². The van der Waals surface area contributed by atoms with Crippen molar-refractivity contribution in [3.8, 4) is 17.2 Å². The zero-order valence-corrected chi connectivity index (χ0v) is 68.3. The first-order chi connectivity index (χ1) is 33.4. The number of benzene rings is 3. The Morgan fingerprint density at radius 1 is 0.542 bits per heavy atom. The third-order valence-corrected chi connectivity index (χ3v) is 13.3. The van der Waals surface area contributed by atoms with Gasteiger partial charge in [0, 0.05) is 46.9 Å². The van der Waals surface area contributed by atoms with Crippen LogP contribution in [0.5, 0.6) is 17.2 Å². The molecule has 0 saturated heterocycles. The molecule has 0 fully saturated rings. The largest absolute Gasteiger partial charge is 2.00 e. The summed E-state index contributed by atoms with van der Waals surface area (Å²) in [5.41, 5.74) is -3.80. The molecule has 3 rings (SSSR count). The minimum atomic E-state index is -5.50. The number of hydrogen-bond donors (Lipinski definition) is 1. The Morgan fingerprint density at radius 3 is 1.06 bits per heavy atom. The predicted molar refractivity (Wildman–Crippen MR) is 331 cm³/mol. The van der Waals surface area contributed by atoms with Crippen LogP contribution in [0.1, 0.15) is 151 Å². The summed E-state index contributed by atoms with van der Waals surface area (Å²) in [7, 11) is -5.50. The van der Waals surface area contributed by atoms with E-state index in [2.05, 4.69) is 85.3 Å². The second-order valence-corrected chi connectivity index (χ2v) is 20.2. The van der Waals surface area contributed by atoms with Gasteiger partial charge in [-0.1, -0.05) is 96.9 Å². The number of rotatable bonds is 24. The fourth-order valence-corrected chi connectivity index (χ4v) is 6.58. The zero-order valence-electron chi connectivity index (χ0n) is 48.3. The van der Waals surface area contributed by atoms with Crippen molar-refractivity contribution in [2.75, 3.05) is 51.2 Å². The van der Waals surface area contributed by atoms with Crippen LogP contribution in [0.3, 0.4) is 0 Å². The minimum Gasteiger partial charge on any atom is -1.00 e. The summed E-state index contributed by atoms with van der Waals surface area (Å²) < 4.78 is 71.1. The fraction of sp³-hybridized carbons (Fsp3) is 0.532. The molecule has 0 aromatic heterocycles. The van der Waals surface area contributed by atoms with E-state index in [4.69, 9.17) is 14.6 Å². The first kappa shape index (κ1) is 115. The molecule has 83 heavy (non-hydrogen) atoms. The van der Waals surface area contributed by atoms with Gasteiger partial charge in [0.25, 0.3) is 0 Å². The van der Waals surface area contributed by atoms with Crippen LogP contribution in [0, 0.1) is 180 Å². The number of phenolic OH excluding ortho intramolecular Hbond substituents is 1. The van der Waals surface area contributed by atoms with Crippen LogP contribution in [-0.2, 0) is 44.9 Å². The normalized spacial score (nSPS) is 10.3. The fourth-order valence-electron chi connectivity index (χ4n) is 5.42. The monoisotopic (exact) mass is 2170 g/mol. The molecule has 0 aliphatic heterocycles. The van der Waals surface area contributed by atoms with Crippen LogP contribution < -0.4 is 39.0 Å². The maximum Gasteiger partial charge on any atom is 2.00 e. The molecular formula is C62H107BrF3N2NaO9SU4. The Morgan fingerprint density at radius 2 is 0.819 bits per heavy atom. The molecule has 3 aromatic rings. The Labute approximate surface area is 634 Å². The Hall–Kier alpha value is 1.38. The van der Waals surface area contributed by atoms with Gasteiger partial charge in [0.2, 0.25) is 0 Å². The summed E-state index contributed by atoms with van der Waals surface area (Å²) in [5.74, 6) is 2.29. The van der Waals surface area contributed by atoms with Crippen LogP contribution in [0.4, 0.5) is 13.2 Å². The third kappa shape index (κ3) is 45.3. The first-order valence-corrected chi connectivity index (χ1v) is 26.1. The number of carbonyl (C=O) groups excluding carboxylic acids is 3. The second-order valence-electron chi connectivity index (χ2n) is 17.9. The van der Waals surface area contributed by atoms with Crippen molar-refractivity contribution in [1.29, 1.82) is 0 Å². The number of carbonyl (C=O) groups is 3. The molecule has 0 heterocycles. The van der Waals surface area contributed by atoms with Crippen molar-refractivity contribution in [3.05, 3.63) is 145 Å². The van der Waals surface area contributed by atoms with Crippen molar-refractivity contribution in [1.82, 2.24) is 9.80 Å². The molecule has 3 aromatic carbocycles. The van der Waals surface area contributed by atoms with Gasteiger partial charge in [-0.3, -0.25) is 18.6 Å². The van der Waals surface area contributed by atoms with Crippen molar-refractivity contribution >= 4 is 43.4 Å². The van der Waals surface area contributed by atoms with E-state index in [1.165, 1.54) is 0 Å². The Balaban J connectivity index is -0.0000000601. The topological polar surface area (TPSA) is 140 Å². The second kappa shape index (κ2) is 59.7. The number of nitrogens with zero attached hydrogens (tertiary/aromatic N) is 2. The standard InChI is InChI=1S/C17H25NO2.C16H22O2.C11H14O2.C6H12BrN.C6H9F3O3S.6CH4.Na.4U.H/c1-6-18(7-2)12-13-20-16-10-8-15(9-11-16)17(4,5)14(3)19;1-6-14(7-2)18-15-10-8-13(9-11-15)16(4,5)12(3)17;1-8(12)11(2,3)9-4-6-10(13)7-5-9;1-3-8(4-2)6-5-7;1-3-5(4-2)12-13(10,11)6(7,8)9;;;;;;;;;;;;/h8-11H,1-2,6-7,12-13H2,3-5H3;8-11,14H,1-2,6-7H2,3-5H3;4-7,13H,1-3H3;1-6H2;5H,1-4H2;6*1H4;;;;;;/q2*-2;;2*-2;;;;;;;+1;4*+2;-1. The van der Waals surface area contributed by atoms with Crippen LogP contribution in [0.15, 0.2) is 72.8 Å². The summed E-state index contributed by atoms with van der Waals surface area (Å²) >= 11 is 3.33. The molecule has 1 N–H and O–H groups in total. The summed E-state index contributed by atoms with van der Waals surface area (Å²) in [6, 6.07) is 22.2. The van der Waals surface area contributed by atoms with E-state index >= 15 is 0 Å². The average molecular weight is 2170 g/mol. The van der Waals surface area contributed by atoms with E-state index in [0.717, 1.165) is 72.8 Å². The summed E-state index contributed by atoms with van der Waals surface area (Å²) in [5, 5.41) is 10.1. The third-order valence-electron chi connectivity index (χ3n) is 11.9. The maximum absolute atomic E-state index is 11.7.